The monoisotopic (exact) mass is 562 g/mol. The first-order chi connectivity index (χ1) is 19.3. The highest BCUT2D eigenvalue weighted by Gasteiger charge is 2.22. The van der Waals surface area contributed by atoms with E-state index in [9.17, 15) is 9.59 Å². The number of anilines is 1. The smallest absolute Gasteiger partial charge is 0.254 e. The molecule has 1 N–H and O–H groups in total. The number of rotatable bonds is 11. The maximum absolute atomic E-state index is 13.3. The van der Waals surface area contributed by atoms with Gasteiger partial charge in [0.25, 0.3) is 5.91 Å². The Morgan fingerprint density at radius 3 is 2.38 bits per heavy atom. The zero-order valence-electron chi connectivity index (χ0n) is 22.8. The Kier molecular flexibility index (Phi) is 9.42. The fraction of sp³-hybridized carbons (Fsp3) is 0.233. The summed E-state index contributed by atoms with van der Waals surface area (Å²) in [5.41, 5.74) is 3.48. The maximum atomic E-state index is 13.3. The average Bonchev–Trinajstić information content (AvgIpc) is 3.38. The topological polar surface area (TPSA) is 94.9 Å². The molecule has 0 atom stereocenters. The van der Waals surface area contributed by atoms with E-state index in [4.69, 9.17) is 30.8 Å². The van der Waals surface area contributed by atoms with Crippen LogP contribution in [-0.2, 0) is 9.53 Å². The molecular formula is C30H31ClN4O5. The van der Waals surface area contributed by atoms with Crippen LogP contribution >= 0.6 is 11.6 Å². The van der Waals surface area contributed by atoms with E-state index in [-0.39, 0.29) is 31.6 Å². The molecule has 40 heavy (non-hydrogen) atoms. The number of aryl methyl sites for hydroxylation is 1. The van der Waals surface area contributed by atoms with Crippen molar-refractivity contribution in [3.63, 3.8) is 0 Å². The normalized spacial score (nSPS) is 10.7. The summed E-state index contributed by atoms with van der Waals surface area (Å²) in [7, 11) is 4.67. The van der Waals surface area contributed by atoms with Gasteiger partial charge in [-0.3, -0.25) is 19.5 Å². The molecule has 0 spiro atoms. The molecule has 0 aliphatic carbocycles. The van der Waals surface area contributed by atoms with Crippen molar-refractivity contribution in [2.45, 2.75) is 6.92 Å². The van der Waals surface area contributed by atoms with E-state index >= 15 is 0 Å². The largest absolute Gasteiger partial charge is 0.493 e. The number of carbonyl (C=O) groups is 2. The molecule has 0 bridgehead atoms. The number of hydrogen-bond acceptors (Lipinski definition) is 6. The highest BCUT2D eigenvalue weighted by atomic mass is 35.5. The van der Waals surface area contributed by atoms with Crippen LogP contribution in [0.1, 0.15) is 15.9 Å². The predicted molar refractivity (Wildman–Crippen MR) is 155 cm³/mol. The lowest BCUT2D eigenvalue weighted by Gasteiger charge is -2.23. The van der Waals surface area contributed by atoms with Crippen molar-refractivity contribution >= 4 is 29.4 Å². The van der Waals surface area contributed by atoms with Gasteiger partial charge in [0, 0.05) is 42.1 Å². The summed E-state index contributed by atoms with van der Waals surface area (Å²) >= 11 is 6.08. The molecule has 208 valence electrons. The van der Waals surface area contributed by atoms with Crippen molar-refractivity contribution < 1.29 is 23.8 Å². The summed E-state index contributed by atoms with van der Waals surface area (Å²) in [6, 6.07) is 19.9. The van der Waals surface area contributed by atoms with Crippen LogP contribution in [0, 0.1) is 6.92 Å². The summed E-state index contributed by atoms with van der Waals surface area (Å²) in [5.74, 6) is 0.701. The van der Waals surface area contributed by atoms with Gasteiger partial charge in [-0.25, -0.2) is 4.98 Å². The van der Waals surface area contributed by atoms with Crippen molar-refractivity contribution in [1.29, 1.82) is 0 Å². The Balaban J connectivity index is 1.66. The van der Waals surface area contributed by atoms with E-state index in [0.29, 0.717) is 33.5 Å². The Bertz CT molecular complexity index is 1490. The van der Waals surface area contributed by atoms with Crippen LogP contribution < -0.4 is 14.8 Å². The first-order valence-corrected chi connectivity index (χ1v) is 12.9. The molecule has 2 amide bonds. The minimum absolute atomic E-state index is 0.189. The fourth-order valence-electron chi connectivity index (χ4n) is 4.17. The highest BCUT2D eigenvalue weighted by molar-refractivity contribution is 6.30. The third-order valence-corrected chi connectivity index (χ3v) is 6.56. The number of carbonyl (C=O) groups excluding carboxylic acids is 2. The van der Waals surface area contributed by atoms with E-state index in [2.05, 4.69) is 5.32 Å². The number of amides is 2. The van der Waals surface area contributed by atoms with Crippen molar-refractivity contribution in [2.75, 3.05) is 46.3 Å². The average molecular weight is 563 g/mol. The molecule has 3 aromatic carbocycles. The molecule has 1 heterocycles. The van der Waals surface area contributed by atoms with Gasteiger partial charge in [0.1, 0.15) is 6.54 Å². The van der Waals surface area contributed by atoms with E-state index in [1.165, 1.54) is 4.90 Å². The minimum atomic E-state index is -0.409. The molecule has 0 aliphatic heterocycles. The van der Waals surface area contributed by atoms with Crippen LogP contribution in [0.2, 0.25) is 5.02 Å². The molecule has 0 saturated heterocycles. The minimum Gasteiger partial charge on any atom is -0.493 e. The van der Waals surface area contributed by atoms with E-state index in [1.807, 2.05) is 37.3 Å². The van der Waals surface area contributed by atoms with Gasteiger partial charge in [-0.15, -0.1) is 0 Å². The predicted octanol–water partition coefficient (Wildman–Crippen LogP) is 5.25. The number of aromatic nitrogens is 2. The number of imidazole rings is 1. The molecule has 0 radical (unpaired) electrons. The number of nitrogens with one attached hydrogen (secondary N) is 1. The Hall–Kier alpha value is -4.34. The van der Waals surface area contributed by atoms with Gasteiger partial charge in [0.2, 0.25) is 11.9 Å². The van der Waals surface area contributed by atoms with E-state index in [0.717, 1.165) is 11.1 Å². The highest BCUT2D eigenvalue weighted by Crippen LogP contribution is 2.32. The van der Waals surface area contributed by atoms with Crippen LogP contribution in [-0.4, -0.2) is 67.3 Å². The molecule has 0 unspecified atom stereocenters. The second-order valence-electron chi connectivity index (χ2n) is 8.95. The van der Waals surface area contributed by atoms with Crippen molar-refractivity contribution in [1.82, 2.24) is 14.5 Å². The number of benzene rings is 3. The standard InChI is InChI=1S/C30H31ClN4O5/c1-20-7-5-6-8-24(20)29(37)34(15-16-38-2)19-28(36)33-30-32-25(21-9-11-22(31)12-10-21)18-35(30)23-13-14-26(39-3)27(17-23)40-4/h5-14,17-18H,15-16,19H2,1-4H3,(H,32,33,36). The lowest BCUT2D eigenvalue weighted by atomic mass is 10.1. The quantitative estimate of drug-likeness (QED) is 0.268. The molecule has 1 aromatic heterocycles. The van der Waals surface area contributed by atoms with Crippen LogP contribution in [0.4, 0.5) is 5.95 Å². The molecule has 0 aliphatic rings. The SMILES string of the molecule is COCCN(CC(=O)Nc1nc(-c2ccc(Cl)cc2)cn1-c1ccc(OC)c(OC)c1)C(=O)c1ccccc1C. The number of ether oxygens (including phenoxy) is 3. The number of methoxy groups -OCH3 is 3. The molecule has 0 saturated carbocycles. The number of nitrogens with zero attached hydrogens (tertiary/aromatic N) is 3. The molecule has 4 rings (SSSR count). The molecule has 0 fully saturated rings. The van der Waals surface area contributed by atoms with Crippen LogP contribution in [0.25, 0.3) is 16.9 Å². The van der Waals surface area contributed by atoms with Crippen LogP contribution in [0.15, 0.2) is 72.9 Å². The molecule has 10 heteroatoms. The first-order valence-electron chi connectivity index (χ1n) is 12.6. The van der Waals surface area contributed by atoms with Gasteiger partial charge in [-0.2, -0.15) is 0 Å². The van der Waals surface area contributed by atoms with Crippen LogP contribution in [0.3, 0.4) is 0 Å². The summed E-state index contributed by atoms with van der Waals surface area (Å²) in [6.07, 6.45) is 1.81. The van der Waals surface area contributed by atoms with Gasteiger partial charge in [-0.05, 0) is 42.8 Å². The molecule has 4 aromatic rings. The second-order valence-corrected chi connectivity index (χ2v) is 9.38. The lowest BCUT2D eigenvalue weighted by molar-refractivity contribution is -0.117. The second kappa shape index (κ2) is 13.1. The summed E-state index contributed by atoms with van der Waals surface area (Å²) < 4.78 is 17.8. The third-order valence-electron chi connectivity index (χ3n) is 6.30. The first kappa shape index (κ1) is 28.7. The zero-order chi connectivity index (χ0) is 28.6. The van der Waals surface area contributed by atoms with E-state index in [1.54, 1.807) is 68.5 Å². The third kappa shape index (κ3) is 6.62. The zero-order valence-corrected chi connectivity index (χ0v) is 23.6. The van der Waals surface area contributed by atoms with Gasteiger partial charge < -0.3 is 19.1 Å². The maximum Gasteiger partial charge on any atom is 0.254 e. The lowest BCUT2D eigenvalue weighted by Crippen LogP contribution is -2.40. The van der Waals surface area contributed by atoms with Gasteiger partial charge in [0.15, 0.2) is 11.5 Å². The summed E-state index contributed by atoms with van der Waals surface area (Å²) in [6.45, 7) is 2.20. The van der Waals surface area contributed by atoms with Gasteiger partial charge in [-0.1, -0.05) is 41.9 Å². The summed E-state index contributed by atoms with van der Waals surface area (Å²) in [5, 5.41) is 3.49. The van der Waals surface area contributed by atoms with E-state index < -0.39 is 5.91 Å². The van der Waals surface area contributed by atoms with Crippen LogP contribution in [0.5, 0.6) is 11.5 Å². The molecule has 9 nitrogen and oxygen atoms in total. The molecular weight excluding hydrogens is 532 g/mol. The van der Waals surface area contributed by atoms with Gasteiger partial charge >= 0.3 is 0 Å². The van der Waals surface area contributed by atoms with Crippen molar-refractivity contribution in [3.8, 4) is 28.4 Å². The summed E-state index contributed by atoms with van der Waals surface area (Å²) in [4.78, 5) is 32.8. The van der Waals surface area contributed by atoms with Crippen molar-refractivity contribution in [3.05, 3.63) is 89.1 Å². The number of hydrogen-bond donors (Lipinski definition) is 1. The Labute approximate surface area is 238 Å². The Morgan fingerprint density at radius 2 is 1.70 bits per heavy atom. The van der Waals surface area contributed by atoms with Crippen molar-refractivity contribution in [2.24, 2.45) is 0 Å². The number of halogens is 1. The van der Waals surface area contributed by atoms with Gasteiger partial charge in [0.05, 0.1) is 32.2 Å². The fourth-order valence-corrected chi connectivity index (χ4v) is 4.30. The Morgan fingerprint density at radius 1 is 0.975 bits per heavy atom.